The fourth-order valence-electron chi connectivity index (χ4n) is 6.66. The van der Waals surface area contributed by atoms with Gasteiger partial charge >= 0.3 is 0 Å². The minimum Gasteiger partial charge on any atom is -0.487 e. The van der Waals surface area contributed by atoms with E-state index in [1.165, 1.54) is 0 Å². The predicted molar refractivity (Wildman–Crippen MR) is 177 cm³/mol. The minimum atomic E-state index is -3.97. The number of anilines is 1. The summed E-state index contributed by atoms with van der Waals surface area (Å²) in [5, 5.41) is 9.46. The number of aliphatic hydroxyl groups is 1. The highest BCUT2D eigenvalue weighted by Gasteiger charge is 2.46. The monoisotopic (exact) mass is 654 g/mol. The van der Waals surface area contributed by atoms with Gasteiger partial charge in [-0.25, -0.2) is 13.1 Å². The Morgan fingerprint density at radius 2 is 1.98 bits per heavy atom. The molecule has 2 aromatic carbocycles. The molecule has 2 aromatic rings. The number of halogens is 1. The van der Waals surface area contributed by atoms with Crippen LogP contribution in [0.25, 0.3) is 0 Å². The van der Waals surface area contributed by atoms with Crippen molar-refractivity contribution >= 4 is 33.2 Å². The molecule has 1 saturated carbocycles. The molecule has 10 heteroatoms. The topological polar surface area (TPSA) is 105 Å². The Balaban J connectivity index is 1.60. The first kappa shape index (κ1) is 33.3. The Bertz CT molecular complexity index is 1600. The molecule has 1 amide bonds. The van der Waals surface area contributed by atoms with Crippen LogP contribution in [0.15, 0.2) is 48.6 Å². The summed E-state index contributed by atoms with van der Waals surface area (Å²) in [5.41, 5.74) is 2.30. The highest BCUT2D eigenvalue weighted by Crippen LogP contribution is 2.46. The number of allylic oxidation sites excluding steroid dienone is 1. The molecule has 2 bridgehead atoms. The highest BCUT2D eigenvalue weighted by atomic mass is 35.5. The smallest absolute Gasteiger partial charge is 0.264 e. The van der Waals surface area contributed by atoms with Crippen molar-refractivity contribution in [3.63, 3.8) is 0 Å². The molecule has 1 fully saturated rings. The van der Waals surface area contributed by atoms with Crippen LogP contribution in [0.5, 0.6) is 5.75 Å². The van der Waals surface area contributed by atoms with E-state index < -0.39 is 26.8 Å². The van der Waals surface area contributed by atoms with Crippen molar-refractivity contribution in [1.82, 2.24) is 4.72 Å². The van der Waals surface area contributed by atoms with E-state index in [0.717, 1.165) is 48.9 Å². The number of aliphatic hydroxyl groups excluding tert-OH is 1. The number of methoxy groups -OCH3 is 1. The van der Waals surface area contributed by atoms with Gasteiger partial charge in [-0.05, 0) is 105 Å². The van der Waals surface area contributed by atoms with Crippen molar-refractivity contribution in [1.29, 1.82) is 0 Å². The van der Waals surface area contributed by atoms with E-state index in [-0.39, 0.29) is 29.9 Å². The summed E-state index contributed by atoms with van der Waals surface area (Å²) in [4.78, 5) is 15.7. The number of amides is 1. The normalized spacial score (nSPS) is 29.2. The summed E-state index contributed by atoms with van der Waals surface area (Å²) in [6.45, 7) is 4.91. The number of carbonyl (C=O) groups is 1. The summed E-state index contributed by atoms with van der Waals surface area (Å²) < 4.78 is 41.5. The second kappa shape index (κ2) is 14.2. The number of rotatable bonds is 1. The molecular formula is C35H43ClN2O6S. The number of ether oxygens (including phenoxy) is 2. The van der Waals surface area contributed by atoms with E-state index in [1.54, 1.807) is 32.2 Å². The Morgan fingerprint density at radius 3 is 2.71 bits per heavy atom. The van der Waals surface area contributed by atoms with E-state index in [4.69, 9.17) is 21.1 Å². The second-order valence-corrected chi connectivity index (χ2v) is 15.0. The molecule has 0 unspecified atom stereocenters. The SMILES string of the molecule is CO[C@@]1(C#CCO)/C=C/C[C@H](C)[C@@H](C)S(=O)(=O)NC(=O)c2ccc3c(c2)N(CCCCc2cc(Cl)ccc2CO3)C[C@@H]2CC[C@H]21. The molecule has 2 aliphatic heterocycles. The minimum absolute atomic E-state index is 0.0580. The first-order chi connectivity index (χ1) is 21.6. The molecule has 5 atom stereocenters. The molecule has 0 saturated heterocycles. The maximum Gasteiger partial charge on any atom is 0.264 e. The van der Waals surface area contributed by atoms with Crippen LogP contribution in [-0.2, 0) is 27.8 Å². The van der Waals surface area contributed by atoms with Gasteiger partial charge in [0, 0.05) is 36.7 Å². The molecule has 0 aromatic heterocycles. The summed E-state index contributed by atoms with van der Waals surface area (Å²) in [7, 11) is -2.33. The van der Waals surface area contributed by atoms with Crippen molar-refractivity contribution in [2.45, 2.75) is 69.8 Å². The molecule has 3 aliphatic rings. The van der Waals surface area contributed by atoms with Crippen molar-refractivity contribution in [2.75, 3.05) is 31.7 Å². The Labute approximate surface area is 272 Å². The van der Waals surface area contributed by atoms with Gasteiger partial charge in [0.1, 0.15) is 24.6 Å². The van der Waals surface area contributed by atoms with Crippen molar-refractivity contribution in [3.05, 3.63) is 70.3 Å². The quantitative estimate of drug-likeness (QED) is 0.309. The van der Waals surface area contributed by atoms with Crippen molar-refractivity contribution in [2.24, 2.45) is 17.8 Å². The van der Waals surface area contributed by atoms with Gasteiger partial charge in [-0.1, -0.05) is 42.5 Å². The number of sulfonamides is 1. The first-order valence-corrected chi connectivity index (χ1v) is 17.7. The number of fused-ring (bicyclic) bond motifs is 3. The van der Waals surface area contributed by atoms with Crippen LogP contribution in [0.1, 0.15) is 67.4 Å². The molecule has 8 nitrogen and oxygen atoms in total. The number of carbonyl (C=O) groups excluding carboxylic acids is 1. The average Bonchev–Trinajstić information content (AvgIpc) is 3.03. The van der Waals surface area contributed by atoms with Gasteiger partial charge in [-0.15, -0.1) is 0 Å². The van der Waals surface area contributed by atoms with Gasteiger partial charge in [0.2, 0.25) is 10.0 Å². The number of aryl methyl sites for hydroxylation is 1. The maximum atomic E-state index is 13.4. The largest absolute Gasteiger partial charge is 0.487 e. The third kappa shape index (κ3) is 7.36. The predicted octanol–water partition coefficient (Wildman–Crippen LogP) is 5.51. The number of benzene rings is 2. The van der Waals surface area contributed by atoms with Crippen molar-refractivity contribution in [3.8, 4) is 17.6 Å². The van der Waals surface area contributed by atoms with Gasteiger partial charge in [-0.2, -0.15) is 0 Å². The van der Waals surface area contributed by atoms with Gasteiger partial charge in [0.15, 0.2) is 0 Å². The molecule has 5 rings (SSSR count). The van der Waals surface area contributed by atoms with Crippen LogP contribution in [0, 0.1) is 29.6 Å². The Kier molecular flexibility index (Phi) is 10.5. The van der Waals surface area contributed by atoms with Gasteiger partial charge in [0.25, 0.3) is 5.91 Å². The van der Waals surface area contributed by atoms with Crippen LogP contribution in [-0.4, -0.2) is 57.1 Å². The summed E-state index contributed by atoms with van der Waals surface area (Å²) in [6, 6.07) is 11.0. The van der Waals surface area contributed by atoms with E-state index >= 15 is 0 Å². The molecular weight excluding hydrogens is 612 g/mol. The number of nitrogens with one attached hydrogen (secondary N) is 1. The van der Waals surface area contributed by atoms with Crippen LogP contribution in [0.2, 0.25) is 5.02 Å². The van der Waals surface area contributed by atoms with Crippen LogP contribution in [0.4, 0.5) is 5.69 Å². The summed E-state index contributed by atoms with van der Waals surface area (Å²) in [5.74, 6) is 5.99. The van der Waals surface area contributed by atoms with E-state index in [2.05, 4.69) is 21.5 Å². The van der Waals surface area contributed by atoms with E-state index in [1.807, 2.05) is 37.3 Å². The number of hydrogen-bond donors (Lipinski definition) is 2. The molecule has 1 aliphatic carbocycles. The standard InChI is InChI=1S/C35H43ClN2O6S/c1-24-8-6-16-35(43-3,17-7-19-39)31-14-11-28(31)22-38-18-5-4-9-26-20-30(36)13-10-29(26)23-44-33-15-12-27(21-32(33)38)34(40)37-45(41,42)25(24)2/h6,10,12-13,15-16,20-21,24-25,28,31,39H,4-5,8-9,11,14,18-19,22-23H2,1-3H3,(H,37,40)/b16-6+/t24-,25+,28-,31+,35+/m0/s1. The third-order valence-corrected chi connectivity index (χ3v) is 11.9. The fourth-order valence-corrected chi connectivity index (χ4v) is 8.14. The highest BCUT2D eigenvalue weighted by molar-refractivity contribution is 7.90. The summed E-state index contributed by atoms with van der Waals surface area (Å²) in [6.07, 6.45) is 8.91. The van der Waals surface area contributed by atoms with Crippen LogP contribution >= 0.6 is 11.6 Å². The lowest BCUT2D eigenvalue weighted by Crippen LogP contribution is -2.50. The lowest BCUT2D eigenvalue weighted by molar-refractivity contribution is -0.0350. The zero-order chi connectivity index (χ0) is 32.2. The Hall–Kier alpha value is -3.03. The maximum absolute atomic E-state index is 13.4. The van der Waals surface area contributed by atoms with Gasteiger partial charge < -0.3 is 19.5 Å². The van der Waals surface area contributed by atoms with Crippen molar-refractivity contribution < 1.29 is 27.8 Å². The summed E-state index contributed by atoms with van der Waals surface area (Å²) >= 11 is 6.33. The van der Waals surface area contributed by atoms with Crippen LogP contribution in [0.3, 0.4) is 0 Å². The molecule has 0 spiro atoms. The van der Waals surface area contributed by atoms with E-state index in [9.17, 15) is 18.3 Å². The number of hydrogen-bond acceptors (Lipinski definition) is 7. The first-order valence-electron chi connectivity index (χ1n) is 15.8. The molecule has 2 heterocycles. The number of nitrogens with zero attached hydrogens (tertiary/aromatic N) is 1. The zero-order valence-electron chi connectivity index (χ0n) is 26.2. The zero-order valence-corrected chi connectivity index (χ0v) is 27.8. The lowest BCUT2D eigenvalue weighted by atomic mass is 9.64. The lowest BCUT2D eigenvalue weighted by Gasteiger charge is -2.47. The third-order valence-electron chi connectivity index (χ3n) is 9.76. The van der Waals surface area contributed by atoms with Crippen LogP contribution < -0.4 is 14.4 Å². The van der Waals surface area contributed by atoms with Gasteiger partial charge in [0.05, 0.1) is 10.9 Å². The second-order valence-electron chi connectivity index (χ2n) is 12.5. The molecule has 2 N–H and O–H groups in total. The van der Waals surface area contributed by atoms with E-state index in [0.29, 0.717) is 36.9 Å². The molecule has 0 radical (unpaired) electrons. The average molecular weight is 655 g/mol. The molecule has 45 heavy (non-hydrogen) atoms. The molecule has 242 valence electrons. The van der Waals surface area contributed by atoms with Gasteiger partial charge in [-0.3, -0.25) is 4.79 Å². The Morgan fingerprint density at radius 1 is 1.16 bits per heavy atom. The fraction of sp³-hybridized carbons (Fsp3) is 0.514.